The number of nitriles is 1. The van der Waals surface area contributed by atoms with Gasteiger partial charge in [-0.25, -0.2) is 8.42 Å². The van der Waals surface area contributed by atoms with Crippen LogP contribution in [-0.4, -0.2) is 20.8 Å². The van der Waals surface area contributed by atoms with Gasteiger partial charge in [-0.15, -0.1) is 0 Å². The van der Waals surface area contributed by atoms with E-state index in [1.165, 1.54) is 19.2 Å². The number of nitrogens with zero attached hydrogens (tertiary/aromatic N) is 1. The third-order valence-corrected chi connectivity index (χ3v) is 4.36. The van der Waals surface area contributed by atoms with Crippen LogP contribution in [0.5, 0.6) is 5.75 Å². The van der Waals surface area contributed by atoms with Crippen LogP contribution in [0.1, 0.15) is 13.3 Å². The Balaban J connectivity index is 3.22. The van der Waals surface area contributed by atoms with Gasteiger partial charge in [-0.2, -0.15) is 5.26 Å². The molecule has 0 radical (unpaired) electrons. The molecule has 0 aromatic heterocycles. The molecule has 5 heteroatoms. The highest BCUT2D eigenvalue weighted by Gasteiger charge is 2.25. The van der Waals surface area contributed by atoms with Gasteiger partial charge >= 0.3 is 0 Å². The van der Waals surface area contributed by atoms with Gasteiger partial charge in [-0.3, -0.25) is 0 Å². The highest BCUT2D eigenvalue weighted by atomic mass is 32.2. The van der Waals surface area contributed by atoms with Crippen LogP contribution in [0, 0.1) is 11.3 Å². The molecular weight excluding hydrogens is 226 g/mol. The maximum Gasteiger partial charge on any atom is 0.194 e. The van der Waals surface area contributed by atoms with Crippen LogP contribution >= 0.6 is 0 Å². The van der Waals surface area contributed by atoms with E-state index in [4.69, 9.17) is 10.00 Å². The average Bonchev–Trinajstić information content (AvgIpc) is 2.30. The van der Waals surface area contributed by atoms with Crippen LogP contribution in [-0.2, 0) is 9.84 Å². The Hall–Kier alpha value is -1.54. The van der Waals surface area contributed by atoms with Gasteiger partial charge < -0.3 is 4.74 Å². The van der Waals surface area contributed by atoms with Crippen LogP contribution in [0.15, 0.2) is 29.2 Å². The second-order valence-corrected chi connectivity index (χ2v) is 5.38. The number of benzene rings is 1. The van der Waals surface area contributed by atoms with Gasteiger partial charge in [0.2, 0.25) is 0 Å². The minimum absolute atomic E-state index is 0.125. The fraction of sp³-hybridized carbons (Fsp3) is 0.364. The van der Waals surface area contributed by atoms with E-state index in [1.54, 1.807) is 25.1 Å². The summed E-state index contributed by atoms with van der Waals surface area (Å²) < 4.78 is 28.9. The summed E-state index contributed by atoms with van der Waals surface area (Å²) in [6.45, 7) is 1.67. The van der Waals surface area contributed by atoms with Crippen molar-refractivity contribution < 1.29 is 13.2 Å². The summed E-state index contributed by atoms with van der Waals surface area (Å²) in [6.07, 6.45) is 0.274. The summed E-state index contributed by atoms with van der Waals surface area (Å²) in [5.74, 6) is 0.467. The van der Waals surface area contributed by atoms with Gasteiger partial charge in [0, 0.05) is 0 Å². The third-order valence-electron chi connectivity index (χ3n) is 2.26. The maximum absolute atomic E-state index is 12.0. The summed E-state index contributed by atoms with van der Waals surface area (Å²) in [5, 5.41) is 7.79. The Morgan fingerprint density at radius 2 is 2.19 bits per heavy atom. The van der Waals surface area contributed by atoms with Crippen molar-refractivity contribution in [3.8, 4) is 11.8 Å². The lowest BCUT2D eigenvalue weighted by Crippen LogP contribution is -2.18. The predicted molar refractivity (Wildman–Crippen MR) is 59.9 cm³/mol. The molecule has 16 heavy (non-hydrogen) atoms. The second-order valence-electron chi connectivity index (χ2n) is 3.25. The number of methoxy groups -OCH3 is 1. The Morgan fingerprint density at radius 1 is 1.50 bits per heavy atom. The minimum Gasteiger partial charge on any atom is -0.497 e. The Bertz CT molecular complexity index is 502. The molecule has 0 aliphatic rings. The van der Waals surface area contributed by atoms with Crippen LogP contribution in [0.2, 0.25) is 0 Å². The van der Waals surface area contributed by atoms with Crippen LogP contribution in [0.25, 0.3) is 0 Å². The largest absolute Gasteiger partial charge is 0.497 e. The number of ether oxygens (including phenoxy) is 1. The van der Waals surface area contributed by atoms with E-state index in [9.17, 15) is 8.42 Å². The van der Waals surface area contributed by atoms with Gasteiger partial charge in [0.15, 0.2) is 15.1 Å². The lowest BCUT2D eigenvalue weighted by Gasteiger charge is -2.09. The average molecular weight is 239 g/mol. The highest BCUT2D eigenvalue weighted by Crippen LogP contribution is 2.22. The first kappa shape index (κ1) is 12.5. The van der Waals surface area contributed by atoms with E-state index >= 15 is 0 Å². The summed E-state index contributed by atoms with van der Waals surface area (Å²) in [5.41, 5.74) is 0. The number of rotatable bonds is 4. The van der Waals surface area contributed by atoms with Crippen molar-refractivity contribution in [2.45, 2.75) is 23.5 Å². The standard InChI is InChI=1S/C11H13NO3S/c1-3-10(8-12)16(13,14)11-6-4-5-9(7-11)15-2/h4-7,10H,3H2,1-2H3. The minimum atomic E-state index is -3.57. The molecule has 0 saturated heterocycles. The molecule has 1 aromatic rings. The SMILES string of the molecule is CCC(C#N)S(=O)(=O)c1cccc(OC)c1. The lowest BCUT2D eigenvalue weighted by molar-refractivity contribution is 0.413. The first-order valence-electron chi connectivity index (χ1n) is 4.83. The summed E-state index contributed by atoms with van der Waals surface area (Å²) >= 11 is 0. The van der Waals surface area contributed by atoms with Gasteiger partial charge in [-0.05, 0) is 24.6 Å². The first-order valence-corrected chi connectivity index (χ1v) is 6.38. The number of hydrogen-bond donors (Lipinski definition) is 0. The van der Waals surface area contributed by atoms with E-state index in [2.05, 4.69) is 0 Å². The van der Waals surface area contributed by atoms with E-state index in [-0.39, 0.29) is 11.3 Å². The maximum atomic E-state index is 12.0. The number of sulfone groups is 1. The Morgan fingerprint density at radius 3 is 2.69 bits per heavy atom. The van der Waals surface area contributed by atoms with Crippen molar-refractivity contribution in [3.05, 3.63) is 24.3 Å². The van der Waals surface area contributed by atoms with Crippen molar-refractivity contribution in [1.29, 1.82) is 5.26 Å². The molecule has 0 spiro atoms. The number of hydrogen-bond acceptors (Lipinski definition) is 4. The molecule has 0 fully saturated rings. The van der Waals surface area contributed by atoms with Gasteiger partial charge in [-0.1, -0.05) is 13.0 Å². The van der Waals surface area contributed by atoms with Gasteiger partial charge in [0.25, 0.3) is 0 Å². The molecule has 0 bridgehead atoms. The van der Waals surface area contributed by atoms with Crippen molar-refractivity contribution in [2.75, 3.05) is 7.11 Å². The van der Waals surface area contributed by atoms with E-state index in [1.807, 2.05) is 0 Å². The van der Waals surface area contributed by atoms with Crippen molar-refractivity contribution in [3.63, 3.8) is 0 Å². The predicted octanol–water partition coefficient (Wildman–Crippen LogP) is 1.77. The third kappa shape index (κ3) is 2.34. The van der Waals surface area contributed by atoms with Crippen molar-refractivity contribution in [1.82, 2.24) is 0 Å². The zero-order valence-electron chi connectivity index (χ0n) is 9.17. The molecule has 86 valence electrons. The fourth-order valence-corrected chi connectivity index (χ4v) is 2.78. The molecule has 0 N–H and O–H groups in total. The van der Waals surface area contributed by atoms with Crippen LogP contribution in [0.3, 0.4) is 0 Å². The van der Waals surface area contributed by atoms with Crippen molar-refractivity contribution in [2.24, 2.45) is 0 Å². The molecule has 0 saturated carbocycles. The first-order chi connectivity index (χ1) is 7.56. The quantitative estimate of drug-likeness (QED) is 0.803. The Kier molecular flexibility index (Phi) is 3.91. The van der Waals surface area contributed by atoms with Crippen LogP contribution < -0.4 is 4.74 Å². The smallest absolute Gasteiger partial charge is 0.194 e. The van der Waals surface area contributed by atoms with Crippen LogP contribution in [0.4, 0.5) is 0 Å². The highest BCUT2D eigenvalue weighted by molar-refractivity contribution is 7.92. The van der Waals surface area contributed by atoms with E-state index in [0.29, 0.717) is 5.75 Å². The van der Waals surface area contributed by atoms with Crippen molar-refractivity contribution >= 4 is 9.84 Å². The zero-order valence-corrected chi connectivity index (χ0v) is 9.99. The molecule has 0 heterocycles. The molecule has 0 aliphatic carbocycles. The zero-order chi connectivity index (χ0) is 12.2. The molecule has 0 aliphatic heterocycles. The molecule has 1 aromatic carbocycles. The lowest BCUT2D eigenvalue weighted by atomic mass is 10.3. The van der Waals surface area contributed by atoms with Gasteiger partial charge in [0.1, 0.15) is 5.75 Å². The molecule has 1 atom stereocenters. The summed E-state index contributed by atoms with van der Waals surface area (Å²) in [7, 11) is -2.11. The molecule has 4 nitrogen and oxygen atoms in total. The molecule has 1 rings (SSSR count). The second kappa shape index (κ2) is 4.99. The monoisotopic (exact) mass is 239 g/mol. The fourth-order valence-electron chi connectivity index (χ4n) is 1.32. The topological polar surface area (TPSA) is 67.2 Å². The summed E-state index contributed by atoms with van der Waals surface area (Å²) in [4.78, 5) is 0.125. The van der Waals surface area contributed by atoms with Gasteiger partial charge in [0.05, 0.1) is 18.1 Å². The van der Waals surface area contributed by atoms with E-state index in [0.717, 1.165) is 0 Å². The van der Waals surface area contributed by atoms with E-state index < -0.39 is 15.1 Å². The molecule has 1 unspecified atom stereocenters. The summed E-state index contributed by atoms with van der Waals surface area (Å²) in [6, 6.07) is 7.95. The molecule has 0 amide bonds. The molecular formula is C11H13NO3S. The Labute approximate surface area is 95.4 Å². The normalized spacial score (nSPS) is 12.8.